The minimum Gasteiger partial charge on any atom is -0.352 e. The van der Waals surface area contributed by atoms with Gasteiger partial charge in [0.2, 0.25) is 0 Å². The summed E-state index contributed by atoms with van der Waals surface area (Å²) in [5, 5.41) is 0. The van der Waals surface area contributed by atoms with Gasteiger partial charge in [-0.2, -0.15) is 21.6 Å². The summed E-state index contributed by atoms with van der Waals surface area (Å²) in [6.45, 7) is 3.88. The van der Waals surface area contributed by atoms with E-state index in [-0.39, 0.29) is 5.65 Å². The van der Waals surface area contributed by atoms with Crippen molar-refractivity contribution in [3.8, 4) is 17.7 Å². The maximum absolute atomic E-state index is 12.7. The molecule has 0 aliphatic carbocycles. The van der Waals surface area contributed by atoms with Crippen molar-refractivity contribution < 1.29 is 25.8 Å². The molecule has 0 aromatic carbocycles. The van der Waals surface area contributed by atoms with Crippen molar-refractivity contribution in [2.45, 2.75) is 32.2 Å². The Morgan fingerprint density at radius 1 is 1.14 bits per heavy atom. The molecule has 0 radical (unpaired) electrons. The fraction of sp³-hybridized carbons (Fsp3) is 0.500. The lowest BCUT2D eigenvalue weighted by atomic mass is 10.1. The fourth-order valence-corrected chi connectivity index (χ4v) is 2.57. The summed E-state index contributed by atoms with van der Waals surface area (Å²) < 4.78 is 66.6. The van der Waals surface area contributed by atoms with Crippen LogP contribution in [0.1, 0.15) is 32.4 Å². The molecular formula is C16H17F3N4O5S. The van der Waals surface area contributed by atoms with Gasteiger partial charge < -0.3 is 4.18 Å². The standard InChI is InChI=1S/C16H17F3N4O5S/c1-9(2)7-5-6-8-10-13(28-29(26,27)16(17,18)19)21-11-12(20-10)22(3)15(25)23(4)14(11)24/h9H,5,7H2,1-4H3. The number of hydrogen-bond donors (Lipinski definition) is 0. The van der Waals surface area contributed by atoms with E-state index in [1.165, 1.54) is 7.05 Å². The molecule has 158 valence electrons. The molecule has 29 heavy (non-hydrogen) atoms. The Balaban J connectivity index is 2.76. The first-order chi connectivity index (χ1) is 13.3. The van der Waals surface area contributed by atoms with Gasteiger partial charge in [0.05, 0.1) is 0 Å². The SMILES string of the molecule is CC(C)CCC#Cc1nc2c(nc1OS(=O)(=O)C(F)(F)F)c(=O)n(C)c(=O)n2C. The molecule has 2 heterocycles. The Morgan fingerprint density at radius 3 is 2.31 bits per heavy atom. The molecule has 13 heteroatoms. The summed E-state index contributed by atoms with van der Waals surface area (Å²) in [5.74, 6) is 4.26. The van der Waals surface area contributed by atoms with Gasteiger partial charge in [-0.05, 0) is 18.3 Å². The molecule has 0 spiro atoms. The lowest BCUT2D eigenvalue weighted by Gasteiger charge is -2.11. The molecule has 0 aliphatic heterocycles. The molecule has 0 aliphatic rings. The molecular weight excluding hydrogens is 417 g/mol. The third-order valence-corrected chi connectivity index (χ3v) is 4.71. The zero-order chi connectivity index (χ0) is 22.1. The van der Waals surface area contributed by atoms with Gasteiger partial charge in [-0.3, -0.25) is 13.9 Å². The number of halogens is 3. The summed E-state index contributed by atoms with van der Waals surface area (Å²) in [5.41, 5.74) is -8.83. The number of hydrogen-bond acceptors (Lipinski definition) is 7. The summed E-state index contributed by atoms with van der Waals surface area (Å²) in [6, 6.07) is 0. The Morgan fingerprint density at radius 2 is 1.76 bits per heavy atom. The summed E-state index contributed by atoms with van der Waals surface area (Å²) >= 11 is 0. The smallest absolute Gasteiger partial charge is 0.352 e. The second-order valence-electron chi connectivity index (χ2n) is 6.47. The van der Waals surface area contributed by atoms with Gasteiger partial charge in [0.1, 0.15) is 0 Å². The van der Waals surface area contributed by atoms with Crippen molar-refractivity contribution in [3.63, 3.8) is 0 Å². The van der Waals surface area contributed by atoms with E-state index in [1.807, 2.05) is 13.8 Å². The van der Waals surface area contributed by atoms with Gasteiger partial charge in [-0.25, -0.2) is 14.8 Å². The van der Waals surface area contributed by atoms with Crippen LogP contribution in [0, 0.1) is 17.8 Å². The van der Waals surface area contributed by atoms with Crippen molar-refractivity contribution in [1.82, 2.24) is 19.1 Å². The number of aryl methyl sites for hydroxylation is 1. The molecule has 0 saturated heterocycles. The fourth-order valence-electron chi connectivity index (χ4n) is 2.15. The second kappa shape index (κ2) is 7.86. The van der Waals surface area contributed by atoms with Crippen molar-refractivity contribution in [2.75, 3.05) is 0 Å². The van der Waals surface area contributed by atoms with Gasteiger partial charge >= 0.3 is 21.3 Å². The lowest BCUT2D eigenvalue weighted by Crippen LogP contribution is -2.38. The highest BCUT2D eigenvalue weighted by atomic mass is 32.2. The number of alkyl halides is 3. The van der Waals surface area contributed by atoms with Crippen LogP contribution < -0.4 is 15.4 Å². The van der Waals surface area contributed by atoms with Crippen LogP contribution in [0.4, 0.5) is 13.2 Å². The van der Waals surface area contributed by atoms with Crippen LogP contribution in [0.15, 0.2) is 9.59 Å². The van der Waals surface area contributed by atoms with Crippen molar-refractivity contribution >= 4 is 21.3 Å². The van der Waals surface area contributed by atoms with E-state index in [4.69, 9.17) is 0 Å². The average Bonchev–Trinajstić information content (AvgIpc) is 2.60. The van der Waals surface area contributed by atoms with Crippen molar-refractivity contribution in [1.29, 1.82) is 0 Å². The molecule has 0 unspecified atom stereocenters. The molecule has 2 aromatic heterocycles. The molecule has 0 bridgehead atoms. The van der Waals surface area contributed by atoms with Gasteiger partial charge in [0.25, 0.3) is 11.4 Å². The average molecular weight is 434 g/mol. The van der Waals surface area contributed by atoms with E-state index in [0.29, 0.717) is 23.3 Å². The van der Waals surface area contributed by atoms with Gasteiger partial charge in [-0.1, -0.05) is 19.8 Å². The van der Waals surface area contributed by atoms with E-state index < -0.39 is 44.0 Å². The first-order valence-corrected chi connectivity index (χ1v) is 9.64. The van der Waals surface area contributed by atoms with Crippen LogP contribution in [0.2, 0.25) is 0 Å². The van der Waals surface area contributed by atoms with Gasteiger partial charge in [0, 0.05) is 20.5 Å². The van der Waals surface area contributed by atoms with Gasteiger partial charge in [0.15, 0.2) is 16.9 Å². The Bertz CT molecular complexity index is 1230. The number of fused-ring (bicyclic) bond motifs is 1. The van der Waals surface area contributed by atoms with Crippen LogP contribution >= 0.6 is 0 Å². The topological polar surface area (TPSA) is 113 Å². The van der Waals surface area contributed by atoms with Crippen molar-refractivity contribution in [2.24, 2.45) is 20.0 Å². The largest absolute Gasteiger partial charge is 0.534 e. The van der Waals surface area contributed by atoms with Gasteiger partial charge in [-0.15, -0.1) is 0 Å². The quantitative estimate of drug-likeness (QED) is 0.401. The predicted octanol–water partition coefficient (Wildman–Crippen LogP) is 1.04. The Kier molecular flexibility index (Phi) is 6.07. The van der Waals surface area contributed by atoms with E-state index in [2.05, 4.69) is 26.0 Å². The summed E-state index contributed by atoms with van der Waals surface area (Å²) in [4.78, 5) is 31.8. The molecule has 0 atom stereocenters. The molecule has 0 saturated carbocycles. The third kappa shape index (κ3) is 4.58. The number of nitrogens with zero attached hydrogens (tertiary/aromatic N) is 4. The minimum atomic E-state index is -6.07. The Labute approximate surface area is 163 Å². The molecule has 2 aromatic rings. The van der Waals surface area contributed by atoms with E-state index in [1.54, 1.807) is 0 Å². The van der Waals surface area contributed by atoms with Crippen LogP contribution in [-0.2, 0) is 24.2 Å². The maximum Gasteiger partial charge on any atom is 0.534 e. The highest BCUT2D eigenvalue weighted by Gasteiger charge is 2.49. The predicted molar refractivity (Wildman–Crippen MR) is 96.6 cm³/mol. The van der Waals surface area contributed by atoms with Crippen LogP contribution in [0.25, 0.3) is 11.2 Å². The third-order valence-electron chi connectivity index (χ3n) is 3.77. The molecule has 0 amide bonds. The maximum atomic E-state index is 12.7. The number of rotatable bonds is 4. The molecule has 9 nitrogen and oxygen atoms in total. The summed E-state index contributed by atoms with van der Waals surface area (Å²) in [6.07, 6.45) is 1.02. The molecule has 0 N–H and O–H groups in total. The highest BCUT2D eigenvalue weighted by Crippen LogP contribution is 2.27. The van der Waals surface area contributed by atoms with Crippen LogP contribution in [0.5, 0.6) is 5.88 Å². The molecule has 0 fully saturated rings. The lowest BCUT2D eigenvalue weighted by molar-refractivity contribution is -0.0501. The minimum absolute atomic E-state index is 0.275. The highest BCUT2D eigenvalue weighted by molar-refractivity contribution is 7.87. The van der Waals surface area contributed by atoms with Crippen molar-refractivity contribution in [3.05, 3.63) is 26.5 Å². The normalized spacial score (nSPS) is 12.1. The zero-order valence-electron chi connectivity index (χ0n) is 15.9. The number of aromatic nitrogens is 4. The zero-order valence-corrected chi connectivity index (χ0v) is 16.7. The first kappa shape index (κ1) is 22.4. The monoisotopic (exact) mass is 434 g/mol. The Hall–Kier alpha value is -2.88. The summed E-state index contributed by atoms with van der Waals surface area (Å²) in [7, 11) is -3.69. The van der Waals surface area contributed by atoms with E-state index in [9.17, 15) is 31.2 Å². The molecule has 2 rings (SSSR count). The van der Waals surface area contributed by atoms with E-state index in [0.717, 1.165) is 11.6 Å². The first-order valence-electron chi connectivity index (χ1n) is 8.23. The van der Waals surface area contributed by atoms with Crippen LogP contribution in [-0.4, -0.2) is 33.0 Å². The second-order valence-corrected chi connectivity index (χ2v) is 8.01. The van der Waals surface area contributed by atoms with E-state index >= 15 is 0 Å². The van der Waals surface area contributed by atoms with Crippen LogP contribution in [0.3, 0.4) is 0 Å².